The van der Waals surface area contributed by atoms with Crippen molar-refractivity contribution >= 4 is 5.91 Å². The van der Waals surface area contributed by atoms with E-state index < -0.39 is 0 Å². The van der Waals surface area contributed by atoms with Gasteiger partial charge in [-0.05, 0) is 41.5 Å². The summed E-state index contributed by atoms with van der Waals surface area (Å²) in [7, 11) is 0. The van der Waals surface area contributed by atoms with Crippen LogP contribution >= 0.6 is 0 Å². The number of ether oxygens (including phenoxy) is 1. The van der Waals surface area contributed by atoms with Crippen molar-refractivity contribution in [2.45, 2.75) is 53.2 Å². The van der Waals surface area contributed by atoms with Gasteiger partial charge in [-0.3, -0.25) is 4.79 Å². The molecule has 3 heteroatoms. The smallest absolute Gasteiger partial charge is 0.251 e. The monoisotopic (exact) mass is 201 g/mol. The lowest BCUT2D eigenvalue weighted by molar-refractivity contribution is -0.150. The summed E-state index contributed by atoms with van der Waals surface area (Å²) in [4.78, 5) is 13.6. The lowest BCUT2D eigenvalue weighted by Gasteiger charge is -2.28. The van der Waals surface area contributed by atoms with E-state index in [1.165, 1.54) is 0 Å². The summed E-state index contributed by atoms with van der Waals surface area (Å²) in [6.45, 7) is 13.1. The third-order valence-corrected chi connectivity index (χ3v) is 1.95. The molecule has 1 unspecified atom stereocenters. The Kier molecular flexibility index (Phi) is 5.13. The molecule has 0 aliphatic heterocycles. The molecule has 0 radical (unpaired) electrons. The van der Waals surface area contributed by atoms with Gasteiger partial charge in [0.05, 0.1) is 5.60 Å². The first-order valence-electron chi connectivity index (χ1n) is 5.28. The van der Waals surface area contributed by atoms with E-state index in [2.05, 4.69) is 0 Å². The maximum Gasteiger partial charge on any atom is 0.251 e. The van der Waals surface area contributed by atoms with Crippen LogP contribution in [-0.4, -0.2) is 35.6 Å². The van der Waals surface area contributed by atoms with Crippen molar-refractivity contribution in [3.63, 3.8) is 0 Å². The molecule has 0 aliphatic carbocycles. The van der Waals surface area contributed by atoms with E-state index >= 15 is 0 Å². The van der Waals surface area contributed by atoms with Crippen molar-refractivity contribution in [3.8, 4) is 0 Å². The molecular formula is C11H23NO2. The van der Waals surface area contributed by atoms with Crippen molar-refractivity contribution in [1.29, 1.82) is 0 Å². The first kappa shape index (κ1) is 13.4. The van der Waals surface area contributed by atoms with Crippen LogP contribution in [-0.2, 0) is 9.53 Å². The van der Waals surface area contributed by atoms with E-state index in [9.17, 15) is 4.79 Å². The Morgan fingerprint density at radius 3 is 2.00 bits per heavy atom. The molecule has 0 heterocycles. The van der Waals surface area contributed by atoms with Crippen molar-refractivity contribution in [3.05, 3.63) is 0 Å². The van der Waals surface area contributed by atoms with Crippen LogP contribution in [0.2, 0.25) is 0 Å². The molecule has 0 fully saturated rings. The molecule has 0 bridgehead atoms. The molecule has 0 aromatic heterocycles. The van der Waals surface area contributed by atoms with E-state index in [0.29, 0.717) is 0 Å². The van der Waals surface area contributed by atoms with E-state index in [1.807, 2.05) is 41.5 Å². The third-order valence-electron chi connectivity index (χ3n) is 1.95. The highest BCUT2D eigenvalue weighted by molar-refractivity contribution is 5.80. The minimum absolute atomic E-state index is 0.0740. The van der Waals surface area contributed by atoms with Gasteiger partial charge in [0.15, 0.2) is 0 Å². The molecule has 0 saturated carbocycles. The largest absolute Gasteiger partial charge is 0.363 e. The molecule has 1 atom stereocenters. The molecule has 0 aromatic carbocycles. The number of amides is 1. The van der Waals surface area contributed by atoms with E-state index in [1.54, 1.807) is 4.90 Å². The standard InChI is InChI=1S/C11H23NO2/c1-7-12(8-2)10(13)9(3)14-11(4,5)6/h9H,7-8H2,1-6H3. The predicted octanol–water partition coefficient (Wildman–Crippen LogP) is 2.06. The van der Waals surface area contributed by atoms with Crippen LogP contribution in [0.15, 0.2) is 0 Å². The summed E-state index contributed by atoms with van der Waals surface area (Å²) >= 11 is 0. The first-order chi connectivity index (χ1) is 6.31. The van der Waals surface area contributed by atoms with E-state index in [-0.39, 0.29) is 17.6 Å². The van der Waals surface area contributed by atoms with Crippen LogP contribution < -0.4 is 0 Å². The maximum atomic E-state index is 11.8. The fourth-order valence-electron chi connectivity index (χ4n) is 1.37. The molecule has 14 heavy (non-hydrogen) atoms. The Morgan fingerprint density at radius 2 is 1.71 bits per heavy atom. The summed E-state index contributed by atoms with van der Waals surface area (Å²) in [5.74, 6) is 0.0740. The average Bonchev–Trinajstić information content (AvgIpc) is 2.03. The normalized spacial score (nSPS) is 13.9. The summed E-state index contributed by atoms with van der Waals surface area (Å²) in [6.07, 6.45) is -0.352. The molecule has 84 valence electrons. The number of carbonyl (C=O) groups excluding carboxylic acids is 1. The Balaban J connectivity index is 4.24. The van der Waals surface area contributed by atoms with Crippen LogP contribution in [0.3, 0.4) is 0 Å². The van der Waals surface area contributed by atoms with E-state index in [0.717, 1.165) is 13.1 Å². The van der Waals surface area contributed by atoms with Crippen LogP contribution in [0.1, 0.15) is 41.5 Å². The summed E-state index contributed by atoms with van der Waals surface area (Å²) in [6, 6.07) is 0. The quantitative estimate of drug-likeness (QED) is 0.696. The fraction of sp³-hybridized carbons (Fsp3) is 0.909. The van der Waals surface area contributed by atoms with Crippen molar-refractivity contribution in [1.82, 2.24) is 4.90 Å². The highest BCUT2D eigenvalue weighted by Crippen LogP contribution is 2.12. The van der Waals surface area contributed by atoms with E-state index in [4.69, 9.17) is 4.74 Å². The Labute approximate surface area is 87.4 Å². The summed E-state index contributed by atoms with van der Waals surface area (Å²) in [5.41, 5.74) is -0.262. The number of hydrogen-bond acceptors (Lipinski definition) is 2. The maximum absolute atomic E-state index is 11.8. The number of rotatable bonds is 4. The van der Waals surface area contributed by atoms with Gasteiger partial charge in [-0.15, -0.1) is 0 Å². The highest BCUT2D eigenvalue weighted by Gasteiger charge is 2.23. The van der Waals surface area contributed by atoms with Gasteiger partial charge in [0.25, 0.3) is 5.91 Å². The van der Waals surface area contributed by atoms with Gasteiger partial charge in [-0.1, -0.05) is 0 Å². The second-order valence-electron chi connectivity index (χ2n) is 4.38. The highest BCUT2D eigenvalue weighted by atomic mass is 16.5. The molecule has 0 N–H and O–H groups in total. The second kappa shape index (κ2) is 5.35. The van der Waals surface area contributed by atoms with Crippen LogP contribution in [0.4, 0.5) is 0 Å². The molecule has 1 amide bonds. The molecule has 3 nitrogen and oxygen atoms in total. The topological polar surface area (TPSA) is 29.5 Å². The molecule has 0 aliphatic rings. The Bertz CT molecular complexity index is 180. The SMILES string of the molecule is CCN(CC)C(=O)C(C)OC(C)(C)C. The Morgan fingerprint density at radius 1 is 1.29 bits per heavy atom. The molecular weight excluding hydrogens is 178 g/mol. The van der Waals surface area contributed by atoms with Gasteiger partial charge < -0.3 is 9.64 Å². The van der Waals surface area contributed by atoms with Crippen LogP contribution in [0.25, 0.3) is 0 Å². The van der Waals surface area contributed by atoms with Crippen molar-refractivity contribution < 1.29 is 9.53 Å². The molecule has 0 aromatic rings. The van der Waals surface area contributed by atoms with Crippen LogP contribution in [0.5, 0.6) is 0 Å². The molecule has 0 saturated heterocycles. The number of nitrogens with zero attached hydrogens (tertiary/aromatic N) is 1. The van der Waals surface area contributed by atoms with Crippen LogP contribution in [0, 0.1) is 0 Å². The fourth-order valence-corrected chi connectivity index (χ4v) is 1.37. The summed E-state index contributed by atoms with van der Waals surface area (Å²) < 4.78 is 5.59. The summed E-state index contributed by atoms with van der Waals surface area (Å²) in [5, 5.41) is 0. The first-order valence-corrected chi connectivity index (χ1v) is 5.28. The minimum atomic E-state index is -0.352. The zero-order chi connectivity index (χ0) is 11.4. The minimum Gasteiger partial charge on any atom is -0.363 e. The third kappa shape index (κ3) is 4.61. The number of likely N-dealkylation sites (N-methyl/N-ethyl adjacent to an activating group) is 1. The van der Waals surface area contributed by atoms with Gasteiger partial charge in [0, 0.05) is 13.1 Å². The molecule has 0 rings (SSSR count). The molecule has 0 spiro atoms. The zero-order valence-corrected chi connectivity index (χ0v) is 10.3. The lowest BCUT2D eigenvalue weighted by Crippen LogP contribution is -2.41. The Hall–Kier alpha value is -0.570. The van der Waals surface area contributed by atoms with Gasteiger partial charge >= 0.3 is 0 Å². The lowest BCUT2D eigenvalue weighted by atomic mass is 10.2. The van der Waals surface area contributed by atoms with Gasteiger partial charge in [-0.2, -0.15) is 0 Å². The predicted molar refractivity (Wildman–Crippen MR) is 58.2 cm³/mol. The number of carbonyl (C=O) groups is 1. The second-order valence-corrected chi connectivity index (χ2v) is 4.38. The van der Waals surface area contributed by atoms with Crippen molar-refractivity contribution in [2.24, 2.45) is 0 Å². The zero-order valence-electron chi connectivity index (χ0n) is 10.3. The van der Waals surface area contributed by atoms with Gasteiger partial charge in [0.1, 0.15) is 6.10 Å². The van der Waals surface area contributed by atoms with Gasteiger partial charge in [-0.25, -0.2) is 0 Å². The number of hydrogen-bond donors (Lipinski definition) is 0. The van der Waals surface area contributed by atoms with Crippen molar-refractivity contribution in [2.75, 3.05) is 13.1 Å². The average molecular weight is 201 g/mol. The van der Waals surface area contributed by atoms with Gasteiger partial charge in [0.2, 0.25) is 0 Å².